The SMILES string of the molecule is CC(C)Oc1ccc(-c2noc(-c3ccc(CN)cc3)n2)cc1Cl.CC(C)Oc1ccc(-c2noc(-c3ccc(CN4CC(C(=O)O)CC4=O)cc3)n2)cc1Cl. The van der Waals surface area contributed by atoms with Crippen LogP contribution in [0.15, 0.2) is 94.0 Å². The summed E-state index contributed by atoms with van der Waals surface area (Å²) in [6.07, 6.45) is 0.120. The Labute approximate surface area is 333 Å². The number of nitrogens with two attached hydrogens (primary N) is 1. The van der Waals surface area contributed by atoms with Crippen LogP contribution in [0.1, 0.15) is 45.2 Å². The summed E-state index contributed by atoms with van der Waals surface area (Å²) in [4.78, 5) is 33.6. The van der Waals surface area contributed by atoms with E-state index < -0.39 is 11.9 Å². The fourth-order valence-electron chi connectivity index (χ4n) is 5.74. The third-order valence-electron chi connectivity index (χ3n) is 8.53. The summed E-state index contributed by atoms with van der Waals surface area (Å²) >= 11 is 12.6. The van der Waals surface area contributed by atoms with Crippen molar-refractivity contribution in [1.29, 1.82) is 0 Å². The van der Waals surface area contributed by atoms with Gasteiger partial charge in [0.25, 0.3) is 11.8 Å². The van der Waals surface area contributed by atoms with E-state index in [1.807, 2.05) is 94.4 Å². The molecule has 0 spiro atoms. The van der Waals surface area contributed by atoms with Gasteiger partial charge in [0.15, 0.2) is 0 Å². The maximum absolute atomic E-state index is 12.0. The zero-order valence-corrected chi connectivity index (χ0v) is 32.6. The lowest BCUT2D eigenvalue weighted by molar-refractivity contribution is -0.141. The molecule has 3 heterocycles. The lowest BCUT2D eigenvalue weighted by atomic mass is 10.1. The van der Waals surface area contributed by atoms with Gasteiger partial charge >= 0.3 is 5.97 Å². The van der Waals surface area contributed by atoms with Gasteiger partial charge in [0.2, 0.25) is 17.6 Å². The number of carbonyl (C=O) groups excluding carboxylic acids is 1. The van der Waals surface area contributed by atoms with Crippen molar-refractivity contribution >= 4 is 35.1 Å². The van der Waals surface area contributed by atoms with Gasteiger partial charge in [0.05, 0.1) is 28.2 Å². The first-order valence-corrected chi connectivity index (χ1v) is 18.6. The first-order chi connectivity index (χ1) is 26.9. The van der Waals surface area contributed by atoms with E-state index in [1.165, 1.54) is 0 Å². The van der Waals surface area contributed by atoms with E-state index in [2.05, 4.69) is 20.3 Å². The van der Waals surface area contributed by atoms with E-state index in [-0.39, 0.29) is 31.1 Å². The average Bonchev–Trinajstić information content (AvgIpc) is 3.95. The number of amides is 1. The highest BCUT2D eigenvalue weighted by molar-refractivity contribution is 6.32. The predicted molar refractivity (Wildman–Crippen MR) is 211 cm³/mol. The number of aliphatic carboxylic acids is 1. The van der Waals surface area contributed by atoms with Gasteiger partial charge in [-0.15, -0.1) is 0 Å². The molecular weight excluding hydrogens is 759 g/mol. The average molecular weight is 800 g/mol. The molecule has 6 aromatic rings. The highest BCUT2D eigenvalue weighted by atomic mass is 35.5. The topological polar surface area (TPSA) is 180 Å². The molecule has 56 heavy (non-hydrogen) atoms. The maximum atomic E-state index is 12.0. The van der Waals surface area contributed by atoms with Gasteiger partial charge in [0, 0.05) is 48.3 Å². The summed E-state index contributed by atoms with van der Waals surface area (Å²) in [5.41, 5.74) is 10.6. The number of carboxylic acids is 1. The second kappa shape index (κ2) is 17.8. The van der Waals surface area contributed by atoms with Crippen molar-refractivity contribution in [3.8, 4) is 57.2 Å². The number of nitrogens with zero attached hydrogens (tertiary/aromatic N) is 5. The van der Waals surface area contributed by atoms with Crippen molar-refractivity contribution in [2.75, 3.05) is 6.54 Å². The van der Waals surface area contributed by atoms with Crippen LogP contribution >= 0.6 is 23.2 Å². The molecule has 1 aliphatic heterocycles. The maximum Gasteiger partial charge on any atom is 0.308 e. The van der Waals surface area contributed by atoms with Crippen molar-refractivity contribution in [2.24, 2.45) is 11.7 Å². The number of rotatable bonds is 12. The summed E-state index contributed by atoms with van der Waals surface area (Å²) in [6, 6.07) is 25.8. The van der Waals surface area contributed by atoms with Crippen molar-refractivity contribution in [1.82, 2.24) is 25.2 Å². The van der Waals surface area contributed by atoms with Gasteiger partial charge in [-0.3, -0.25) is 9.59 Å². The van der Waals surface area contributed by atoms with E-state index in [0.717, 1.165) is 27.8 Å². The molecule has 1 fully saturated rings. The highest BCUT2D eigenvalue weighted by Crippen LogP contribution is 2.33. The third kappa shape index (κ3) is 9.91. The van der Waals surface area contributed by atoms with Crippen molar-refractivity contribution in [3.05, 3.63) is 106 Å². The molecule has 3 N–H and O–H groups in total. The smallest absolute Gasteiger partial charge is 0.308 e. The number of ether oxygens (including phenoxy) is 2. The number of hydrogen-bond donors (Lipinski definition) is 2. The van der Waals surface area contributed by atoms with Gasteiger partial charge in [-0.05, 0) is 99.5 Å². The fraction of sp³-hybridized carbons (Fsp3) is 0.268. The molecule has 1 amide bonds. The summed E-state index contributed by atoms with van der Waals surface area (Å²) in [7, 11) is 0. The van der Waals surface area contributed by atoms with Gasteiger partial charge in [-0.25, -0.2) is 0 Å². The molecule has 290 valence electrons. The Balaban J connectivity index is 0.000000198. The Morgan fingerprint density at radius 1 is 0.768 bits per heavy atom. The molecule has 0 saturated carbocycles. The largest absolute Gasteiger partial charge is 0.489 e. The first kappa shape index (κ1) is 39.9. The monoisotopic (exact) mass is 798 g/mol. The zero-order valence-electron chi connectivity index (χ0n) is 31.1. The van der Waals surface area contributed by atoms with E-state index in [1.54, 1.807) is 23.1 Å². The van der Waals surface area contributed by atoms with Crippen LogP contribution in [0, 0.1) is 5.92 Å². The molecule has 0 bridgehead atoms. The standard InChI is InChI=1S/C23H22ClN3O5.C18H18ClN3O2/c1-13(2)31-19-8-7-16(9-18(19)24)21-25-22(32-26-21)15-5-3-14(4-6-15)11-27-12-17(23(29)30)10-20(27)28;1-11(2)23-16-8-7-14(9-15(16)19)17-21-18(24-22-17)13-5-3-12(10-20)4-6-13/h3-9,13,17H,10-12H2,1-2H3,(H,29,30);3-9,11H,10,20H2,1-2H3. The van der Waals surface area contributed by atoms with E-state index >= 15 is 0 Å². The molecule has 0 aliphatic carbocycles. The van der Waals surface area contributed by atoms with Crippen molar-refractivity contribution in [2.45, 2.75) is 59.4 Å². The van der Waals surface area contributed by atoms with Gasteiger partial charge < -0.3 is 34.3 Å². The van der Waals surface area contributed by atoms with Gasteiger partial charge in [0.1, 0.15) is 11.5 Å². The minimum atomic E-state index is -0.938. The summed E-state index contributed by atoms with van der Waals surface area (Å²) in [5, 5.41) is 18.2. The molecule has 1 atom stereocenters. The molecule has 7 rings (SSSR count). The van der Waals surface area contributed by atoms with Crippen LogP contribution in [-0.4, -0.2) is 60.9 Å². The number of carboxylic acid groups (broad SMARTS) is 1. The molecule has 1 aliphatic rings. The molecular formula is C41H40Cl2N6O7. The Kier molecular flexibility index (Phi) is 12.7. The summed E-state index contributed by atoms with van der Waals surface area (Å²) in [6.45, 7) is 8.84. The van der Waals surface area contributed by atoms with Gasteiger partial charge in [-0.2, -0.15) is 9.97 Å². The number of benzene rings is 4. The number of aromatic nitrogens is 4. The third-order valence-corrected chi connectivity index (χ3v) is 9.12. The molecule has 1 unspecified atom stereocenters. The van der Waals surface area contributed by atoms with Crippen LogP contribution in [0.5, 0.6) is 11.5 Å². The quantitative estimate of drug-likeness (QED) is 0.121. The van der Waals surface area contributed by atoms with Crippen LogP contribution < -0.4 is 15.2 Å². The minimum absolute atomic E-state index is 0.0142. The van der Waals surface area contributed by atoms with E-state index in [9.17, 15) is 9.59 Å². The van der Waals surface area contributed by atoms with Crippen LogP contribution in [0.2, 0.25) is 10.0 Å². The second-order valence-electron chi connectivity index (χ2n) is 13.6. The van der Waals surface area contributed by atoms with E-state index in [4.69, 9.17) is 52.6 Å². The molecule has 2 aromatic heterocycles. The van der Waals surface area contributed by atoms with Crippen LogP contribution in [-0.2, 0) is 22.7 Å². The number of likely N-dealkylation sites (tertiary alicyclic amines) is 1. The van der Waals surface area contributed by atoms with Crippen LogP contribution in [0.3, 0.4) is 0 Å². The van der Waals surface area contributed by atoms with Crippen LogP contribution in [0.25, 0.3) is 45.7 Å². The lowest BCUT2D eigenvalue weighted by Gasteiger charge is -2.16. The Morgan fingerprint density at radius 2 is 1.21 bits per heavy atom. The van der Waals surface area contributed by atoms with Crippen LogP contribution in [0.4, 0.5) is 0 Å². The Bertz CT molecular complexity index is 2290. The Hall–Kier alpha value is -5.76. The second-order valence-corrected chi connectivity index (χ2v) is 14.4. The summed E-state index contributed by atoms with van der Waals surface area (Å²) < 4.78 is 22.0. The lowest BCUT2D eigenvalue weighted by Crippen LogP contribution is -2.25. The highest BCUT2D eigenvalue weighted by Gasteiger charge is 2.34. The zero-order chi connectivity index (χ0) is 39.9. The predicted octanol–water partition coefficient (Wildman–Crippen LogP) is 8.58. The first-order valence-electron chi connectivity index (χ1n) is 17.9. The summed E-state index contributed by atoms with van der Waals surface area (Å²) in [5.74, 6) is 1.19. The fourth-order valence-corrected chi connectivity index (χ4v) is 6.19. The minimum Gasteiger partial charge on any atom is -0.489 e. The normalized spacial score (nSPS) is 13.9. The molecule has 1 saturated heterocycles. The van der Waals surface area contributed by atoms with Crippen molar-refractivity contribution in [3.63, 3.8) is 0 Å². The van der Waals surface area contributed by atoms with E-state index in [0.29, 0.717) is 63.6 Å². The number of hydrogen-bond acceptors (Lipinski definition) is 11. The Morgan fingerprint density at radius 3 is 1.61 bits per heavy atom. The molecule has 4 aromatic carbocycles. The molecule has 15 heteroatoms. The number of carbonyl (C=O) groups is 2. The molecule has 13 nitrogen and oxygen atoms in total. The molecule has 0 radical (unpaired) electrons. The van der Waals surface area contributed by atoms with Crippen molar-refractivity contribution < 1.29 is 33.2 Å². The number of halogens is 2. The van der Waals surface area contributed by atoms with Gasteiger partial charge in [-0.1, -0.05) is 57.8 Å².